The van der Waals surface area contributed by atoms with Crippen molar-refractivity contribution in [2.24, 2.45) is 0 Å². The van der Waals surface area contributed by atoms with Crippen LogP contribution in [0.15, 0.2) is 60.2 Å². The number of nitrogens with zero attached hydrogens (tertiary/aromatic N) is 5. The van der Waals surface area contributed by atoms with Crippen molar-refractivity contribution in [3.05, 3.63) is 94.7 Å². The van der Waals surface area contributed by atoms with Gasteiger partial charge in [0.25, 0.3) is 11.8 Å². The number of hydrogen-bond acceptors (Lipinski definition) is 7. The third-order valence-electron chi connectivity index (χ3n) is 7.07. The van der Waals surface area contributed by atoms with Crippen molar-refractivity contribution in [3.8, 4) is 28.8 Å². The van der Waals surface area contributed by atoms with E-state index in [1.165, 1.54) is 28.5 Å². The zero-order chi connectivity index (χ0) is 29.7. The zero-order valence-electron chi connectivity index (χ0n) is 22.5. The van der Waals surface area contributed by atoms with Gasteiger partial charge in [0.15, 0.2) is 10.8 Å². The van der Waals surface area contributed by atoms with Crippen molar-refractivity contribution in [1.29, 1.82) is 0 Å². The zero-order valence-corrected chi connectivity index (χ0v) is 23.3. The molecule has 2 aromatic carbocycles. The number of thiazole rings is 1. The quantitative estimate of drug-likeness (QED) is 0.308. The molecule has 43 heavy (non-hydrogen) atoms. The predicted molar refractivity (Wildman–Crippen MR) is 156 cm³/mol. The van der Waals surface area contributed by atoms with Crippen molar-refractivity contribution in [2.45, 2.75) is 6.04 Å². The molecule has 0 saturated heterocycles. The highest BCUT2D eigenvalue weighted by Gasteiger charge is 2.31. The SMILES string of the molecule is CN1C(=O)C(NC(=O)c2cn3c(-c4ccc(F)cc4F)csc3n2)COc2ccc(C#Cc3cnc4n3NCC=C4)cc21. The van der Waals surface area contributed by atoms with Crippen LogP contribution in [-0.2, 0) is 4.79 Å². The number of halogens is 2. The van der Waals surface area contributed by atoms with Gasteiger partial charge in [-0.05, 0) is 42.3 Å². The van der Waals surface area contributed by atoms with Gasteiger partial charge in [0.2, 0.25) is 0 Å². The van der Waals surface area contributed by atoms with Crippen LogP contribution in [0.2, 0.25) is 0 Å². The number of hydrogen-bond donors (Lipinski definition) is 2. The summed E-state index contributed by atoms with van der Waals surface area (Å²) >= 11 is 1.20. The Balaban J connectivity index is 1.09. The Morgan fingerprint density at radius 1 is 1.21 bits per heavy atom. The summed E-state index contributed by atoms with van der Waals surface area (Å²) in [6, 6.07) is 7.58. The smallest absolute Gasteiger partial charge is 0.272 e. The molecular weight excluding hydrogens is 576 g/mol. The van der Waals surface area contributed by atoms with Crippen LogP contribution in [0.4, 0.5) is 14.5 Å². The lowest BCUT2D eigenvalue weighted by molar-refractivity contribution is -0.120. The average Bonchev–Trinajstić information content (AvgIpc) is 3.71. The number of aromatic nitrogens is 4. The van der Waals surface area contributed by atoms with Gasteiger partial charge in [-0.1, -0.05) is 12.0 Å². The Morgan fingerprint density at radius 3 is 2.95 bits per heavy atom. The summed E-state index contributed by atoms with van der Waals surface area (Å²) in [5.41, 5.74) is 5.71. The lowest BCUT2D eigenvalue weighted by Crippen LogP contribution is -2.49. The van der Waals surface area contributed by atoms with Gasteiger partial charge in [-0.25, -0.2) is 23.4 Å². The van der Waals surface area contributed by atoms with E-state index >= 15 is 0 Å². The minimum atomic E-state index is -0.995. The summed E-state index contributed by atoms with van der Waals surface area (Å²) in [6.45, 7) is 0.581. The fourth-order valence-corrected chi connectivity index (χ4v) is 5.75. The summed E-state index contributed by atoms with van der Waals surface area (Å²) in [7, 11) is 1.60. The summed E-state index contributed by atoms with van der Waals surface area (Å²) < 4.78 is 37.1. The third kappa shape index (κ3) is 4.77. The molecule has 1 atom stereocenters. The number of imidazole rings is 2. The van der Waals surface area contributed by atoms with Gasteiger partial charge in [-0.3, -0.25) is 14.0 Å². The number of fused-ring (bicyclic) bond motifs is 3. The molecule has 2 aliphatic heterocycles. The van der Waals surface area contributed by atoms with Gasteiger partial charge in [-0.15, -0.1) is 11.3 Å². The van der Waals surface area contributed by atoms with E-state index in [4.69, 9.17) is 4.74 Å². The molecule has 5 heterocycles. The highest BCUT2D eigenvalue weighted by Crippen LogP contribution is 2.32. The van der Waals surface area contributed by atoms with Crippen molar-refractivity contribution in [1.82, 2.24) is 24.4 Å². The molecule has 2 amide bonds. The summed E-state index contributed by atoms with van der Waals surface area (Å²) in [5.74, 6) is 5.06. The van der Waals surface area contributed by atoms with E-state index in [1.807, 2.05) is 16.8 Å². The van der Waals surface area contributed by atoms with Gasteiger partial charge in [-0.2, -0.15) is 0 Å². The molecule has 0 bridgehead atoms. The van der Waals surface area contributed by atoms with Gasteiger partial charge < -0.3 is 20.4 Å². The van der Waals surface area contributed by atoms with Crippen molar-refractivity contribution >= 4 is 39.9 Å². The number of carbonyl (C=O) groups excluding carboxylic acids is 2. The second-order valence-corrected chi connectivity index (χ2v) is 10.6. The van der Waals surface area contributed by atoms with Crippen molar-refractivity contribution in [2.75, 3.05) is 30.5 Å². The molecule has 7 rings (SSSR count). The van der Waals surface area contributed by atoms with Crippen LogP contribution in [0.1, 0.15) is 27.6 Å². The summed E-state index contributed by atoms with van der Waals surface area (Å²) in [5, 5.41) is 4.38. The first-order chi connectivity index (χ1) is 20.9. The number of rotatable bonds is 3. The third-order valence-corrected chi connectivity index (χ3v) is 7.91. The fourth-order valence-electron chi connectivity index (χ4n) is 4.88. The highest BCUT2D eigenvalue weighted by atomic mass is 32.1. The van der Waals surface area contributed by atoms with E-state index in [2.05, 4.69) is 32.6 Å². The number of anilines is 1. The maximum Gasteiger partial charge on any atom is 0.272 e. The fraction of sp³-hybridized carbons (Fsp3) is 0.133. The molecule has 13 heteroatoms. The number of likely N-dealkylation sites (N-methyl/N-ethyl adjacent to an activating group) is 1. The molecule has 1 unspecified atom stereocenters. The van der Waals surface area contributed by atoms with E-state index in [0.29, 0.717) is 39.9 Å². The van der Waals surface area contributed by atoms with Crippen LogP contribution in [0.25, 0.3) is 22.3 Å². The summed E-state index contributed by atoms with van der Waals surface area (Å²) in [6.07, 6.45) is 7.03. The first-order valence-electron chi connectivity index (χ1n) is 13.1. The first kappa shape index (κ1) is 26.4. The average molecular weight is 598 g/mol. The van der Waals surface area contributed by atoms with E-state index in [9.17, 15) is 18.4 Å². The number of ether oxygens (including phenoxy) is 1. The number of nitrogens with one attached hydrogen (secondary N) is 2. The molecule has 0 aliphatic carbocycles. The molecule has 5 aromatic rings. The van der Waals surface area contributed by atoms with Gasteiger partial charge in [0.1, 0.15) is 41.4 Å². The van der Waals surface area contributed by atoms with Crippen LogP contribution in [-0.4, -0.2) is 57.1 Å². The van der Waals surface area contributed by atoms with Crippen LogP contribution >= 0.6 is 11.3 Å². The van der Waals surface area contributed by atoms with Gasteiger partial charge >= 0.3 is 0 Å². The number of benzene rings is 2. The maximum absolute atomic E-state index is 14.4. The second kappa shape index (κ2) is 10.4. The normalized spacial score (nSPS) is 15.6. The Labute approximate surface area is 247 Å². The molecule has 0 saturated carbocycles. The lowest BCUT2D eigenvalue weighted by atomic mass is 10.1. The van der Waals surface area contributed by atoms with E-state index in [0.717, 1.165) is 18.0 Å². The molecular formula is C30H21F2N7O3S. The Kier molecular flexibility index (Phi) is 6.40. The molecule has 0 fully saturated rings. The minimum absolute atomic E-state index is 0.0393. The lowest BCUT2D eigenvalue weighted by Gasteiger charge is -2.20. The maximum atomic E-state index is 14.4. The van der Waals surface area contributed by atoms with Crippen LogP contribution in [0.5, 0.6) is 5.75 Å². The number of carbonyl (C=O) groups is 2. The minimum Gasteiger partial charge on any atom is -0.489 e. The van der Waals surface area contributed by atoms with E-state index < -0.39 is 23.6 Å². The standard InChI is InChI=1S/C30H21F2N7O3S/c1-37-24-11-17(4-7-19-13-33-27-3-2-10-34-39(19)27)5-9-26(24)42-15-23(29(37)41)35-28(40)22-14-38-25(16-43-30(38)36-22)20-8-6-18(31)12-21(20)32/h2-3,5-6,8-9,11-14,16,23,34H,10,15H2,1H3,(H,35,40). The van der Waals surface area contributed by atoms with Crippen molar-refractivity contribution in [3.63, 3.8) is 0 Å². The molecule has 0 radical (unpaired) electrons. The molecule has 2 aliphatic rings. The Morgan fingerprint density at radius 2 is 2.09 bits per heavy atom. The Bertz CT molecular complexity index is 2030. The summed E-state index contributed by atoms with van der Waals surface area (Å²) in [4.78, 5) is 37.1. The predicted octanol–water partition coefficient (Wildman–Crippen LogP) is 3.66. The van der Waals surface area contributed by atoms with Crippen LogP contribution < -0.4 is 20.4 Å². The van der Waals surface area contributed by atoms with Crippen LogP contribution in [0.3, 0.4) is 0 Å². The number of amides is 2. The molecule has 2 N–H and O–H groups in total. The largest absolute Gasteiger partial charge is 0.489 e. The molecule has 0 spiro atoms. The van der Waals surface area contributed by atoms with Crippen molar-refractivity contribution < 1.29 is 23.1 Å². The van der Waals surface area contributed by atoms with E-state index in [1.54, 1.807) is 41.2 Å². The van der Waals surface area contributed by atoms with Gasteiger partial charge in [0.05, 0.1) is 17.6 Å². The molecule has 3 aromatic heterocycles. The van der Waals surface area contributed by atoms with E-state index in [-0.39, 0.29) is 23.8 Å². The topological polar surface area (TPSA) is 106 Å². The van der Waals surface area contributed by atoms with Crippen LogP contribution in [0, 0.1) is 23.5 Å². The first-order valence-corrected chi connectivity index (χ1v) is 14.0. The second-order valence-electron chi connectivity index (χ2n) is 9.79. The van der Waals surface area contributed by atoms with Gasteiger partial charge in [0, 0.05) is 42.4 Å². The highest BCUT2D eigenvalue weighted by molar-refractivity contribution is 7.15. The Hall–Kier alpha value is -5.48. The molecule has 214 valence electrons. The monoisotopic (exact) mass is 597 g/mol. The molecule has 10 nitrogen and oxygen atoms in total.